The molecular formula is C16H16BrClN2S. The van der Waals surface area contributed by atoms with Gasteiger partial charge in [0.15, 0.2) is 0 Å². The number of alkyl halides is 1. The Labute approximate surface area is 141 Å². The Kier molecular flexibility index (Phi) is 4.38. The van der Waals surface area contributed by atoms with E-state index in [-0.39, 0.29) is 5.38 Å². The van der Waals surface area contributed by atoms with Crippen molar-refractivity contribution in [2.45, 2.75) is 32.2 Å². The van der Waals surface area contributed by atoms with Crippen LogP contribution in [0.2, 0.25) is 0 Å². The minimum atomic E-state index is -0.110. The highest BCUT2D eigenvalue weighted by atomic mass is 79.9. The number of rotatable bonds is 4. The highest BCUT2D eigenvalue weighted by molar-refractivity contribution is 9.10. The Balaban J connectivity index is 2.13. The molecule has 2 nitrogen and oxygen atoms in total. The summed E-state index contributed by atoms with van der Waals surface area (Å²) in [6.07, 6.45) is 1.06. The van der Waals surface area contributed by atoms with Gasteiger partial charge in [0.1, 0.15) is 5.82 Å². The van der Waals surface area contributed by atoms with Gasteiger partial charge in [0.2, 0.25) is 0 Å². The van der Waals surface area contributed by atoms with E-state index in [0.717, 1.165) is 34.3 Å². The van der Waals surface area contributed by atoms with E-state index >= 15 is 0 Å². The predicted octanol–water partition coefficient (Wildman–Crippen LogP) is 5.77. The number of benzene rings is 1. The van der Waals surface area contributed by atoms with Crippen LogP contribution in [0.25, 0.3) is 11.0 Å². The van der Waals surface area contributed by atoms with Crippen LogP contribution in [0.15, 0.2) is 34.1 Å². The Bertz CT molecular complexity index is 776. The average molecular weight is 384 g/mol. The van der Waals surface area contributed by atoms with Gasteiger partial charge >= 0.3 is 0 Å². The zero-order valence-corrected chi connectivity index (χ0v) is 15.1. The van der Waals surface area contributed by atoms with Crippen LogP contribution in [0, 0.1) is 0 Å². The van der Waals surface area contributed by atoms with Gasteiger partial charge < -0.3 is 4.57 Å². The number of hydrogen-bond acceptors (Lipinski definition) is 2. The molecule has 3 rings (SSSR count). The summed E-state index contributed by atoms with van der Waals surface area (Å²) in [7, 11) is 0. The van der Waals surface area contributed by atoms with E-state index in [0.29, 0.717) is 0 Å². The molecule has 5 heteroatoms. The number of nitrogens with zero attached hydrogens (tertiary/aromatic N) is 2. The summed E-state index contributed by atoms with van der Waals surface area (Å²) in [5.74, 6) is 0.931. The number of aryl methyl sites for hydroxylation is 1. The molecule has 21 heavy (non-hydrogen) atoms. The molecule has 0 saturated heterocycles. The van der Waals surface area contributed by atoms with Gasteiger partial charge in [-0.3, -0.25) is 0 Å². The Morgan fingerprint density at radius 2 is 2.19 bits per heavy atom. The molecule has 0 aliphatic rings. The lowest BCUT2D eigenvalue weighted by atomic mass is 10.2. The lowest BCUT2D eigenvalue weighted by molar-refractivity contribution is 0.746. The minimum absolute atomic E-state index is 0.110. The largest absolute Gasteiger partial charge is 0.321 e. The van der Waals surface area contributed by atoms with Gasteiger partial charge in [-0.05, 0) is 48.6 Å². The molecule has 0 aliphatic heterocycles. The molecule has 0 bridgehead atoms. The van der Waals surface area contributed by atoms with Crippen LogP contribution in [0.3, 0.4) is 0 Å². The number of halogens is 2. The van der Waals surface area contributed by atoms with E-state index in [2.05, 4.69) is 51.0 Å². The van der Waals surface area contributed by atoms with E-state index < -0.39 is 0 Å². The molecule has 2 heterocycles. The molecule has 2 aromatic heterocycles. The standard InChI is InChI=1S/C16H16BrClN2S/c1-3-11-6-7-21-15(11)9-20-14-5-4-12(17)8-13(14)19-16(20)10(2)18/h4-8,10H,3,9H2,1-2H3. The van der Waals surface area contributed by atoms with Crippen LogP contribution in [0.1, 0.15) is 35.5 Å². The normalized spacial score (nSPS) is 13.0. The topological polar surface area (TPSA) is 17.8 Å². The van der Waals surface area contributed by atoms with Crippen molar-refractivity contribution in [1.82, 2.24) is 9.55 Å². The maximum atomic E-state index is 6.34. The second-order valence-electron chi connectivity index (χ2n) is 5.03. The number of hydrogen-bond donors (Lipinski definition) is 0. The van der Waals surface area contributed by atoms with Crippen molar-refractivity contribution in [2.24, 2.45) is 0 Å². The molecule has 1 aromatic carbocycles. The Morgan fingerprint density at radius 1 is 1.38 bits per heavy atom. The molecule has 0 amide bonds. The highest BCUT2D eigenvalue weighted by Gasteiger charge is 2.16. The van der Waals surface area contributed by atoms with Crippen LogP contribution in [-0.2, 0) is 13.0 Å². The SMILES string of the molecule is CCc1ccsc1Cn1c(C(C)Cl)nc2cc(Br)ccc21. The van der Waals surface area contributed by atoms with Gasteiger partial charge in [-0.2, -0.15) is 0 Å². The first-order valence-electron chi connectivity index (χ1n) is 6.95. The summed E-state index contributed by atoms with van der Waals surface area (Å²) in [6.45, 7) is 5.01. The first kappa shape index (κ1) is 15.1. The molecule has 0 saturated carbocycles. The molecular weight excluding hydrogens is 368 g/mol. The zero-order valence-electron chi connectivity index (χ0n) is 11.9. The fraction of sp³-hybridized carbons (Fsp3) is 0.312. The summed E-state index contributed by atoms with van der Waals surface area (Å²) >= 11 is 11.7. The molecule has 0 N–H and O–H groups in total. The van der Waals surface area contributed by atoms with Crippen molar-refractivity contribution in [3.05, 3.63) is 50.4 Å². The molecule has 110 valence electrons. The van der Waals surface area contributed by atoms with Crippen LogP contribution in [-0.4, -0.2) is 9.55 Å². The maximum absolute atomic E-state index is 6.34. The molecule has 1 atom stereocenters. The third kappa shape index (κ3) is 2.89. The quantitative estimate of drug-likeness (QED) is 0.523. The van der Waals surface area contributed by atoms with Gasteiger partial charge in [0.05, 0.1) is 23.0 Å². The second kappa shape index (κ2) is 6.11. The minimum Gasteiger partial charge on any atom is -0.321 e. The van der Waals surface area contributed by atoms with Crippen molar-refractivity contribution >= 4 is 49.9 Å². The fourth-order valence-electron chi connectivity index (χ4n) is 2.56. The Hall–Kier alpha value is -0.840. The van der Waals surface area contributed by atoms with Crippen molar-refractivity contribution in [1.29, 1.82) is 0 Å². The monoisotopic (exact) mass is 382 g/mol. The molecule has 0 fully saturated rings. The van der Waals surface area contributed by atoms with Crippen molar-refractivity contribution in [2.75, 3.05) is 0 Å². The van der Waals surface area contributed by atoms with Crippen molar-refractivity contribution in [3.63, 3.8) is 0 Å². The number of thiophene rings is 1. The van der Waals surface area contributed by atoms with E-state index in [4.69, 9.17) is 16.6 Å². The lowest BCUT2D eigenvalue weighted by Gasteiger charge is -2.10. The van der Waals surface area contributed by atoms with Gasteiger partial charge in [-0.15, -0.1) is 22.9 Å². The molecule has 0 spiro atoms. The van der Waals surface area contributed by atoms with Crippen molar-refractivity contribution in [3.8, 4) is 0 Å². The molecule has 1 unspecified atom stereocenters. The van der Waals surface area contributed by atoms with Crippen LogP contribution in [0.4, 0.5) is 0 Å². The molecule has 0 radical (unpaired) electrons. The summed E-state index contributed by atoms with van der Waals surface area (Å²) in [6, 6.07) is 8.41. The molecule has 3 aromatic rings. The number of aromatic nitrogens is 2. The third-order valence-corrected chi connectivity index (χ3v) is 5.25. The van der Waals surface area contributed by atoms with E-state index in [1.807, 2.05) is 13.0 Å². The average Bonchev–Trinajstić information content (AvgIpc) is 3.03. The van der Waals surface area contributed by atoms with E-state index in [1.54, 1.807) is 11.3 Å². The van der Waals surface area contributed by atoms with Crippen LogP contribution >= 0.6 is 38.9 Å². The first-order chi connectivity index (χ1) is 10.1. The van der Waals surface area contributed by atoms with Gasteiger partial charge in [0.25, 0.3) is 0 Å². The first-order valence-corrected chi connectivity index (χ1v) is 9.06. The van der Waals surface area contributed by atoms with E-state index in [9.17, 15) is 0 Å². The van der Waals surface area contributed by atoms with E-state index in [1.165, 1.54) is 10.4 Å². The summed E-state index contributed by atoms with van der Waals surface area (Å²) in [4.78, 5) is 6.10. The summed E-state index contributed by atoms with van der Waals surface area (Å²) in [5.41, 5.74) is 3.53. The second-order valence-corrected chi connectivity index (χ2v) is 7.60. The van der Waals surface area contributed by atoms with Crippen LogP contribution < -0.4 is 0 Å². The number of fused-ring (bicyclic) bond motifs is 1. The highest BCUT2D eigenvalue weighted by Crippen LogP contribution is 2.29. The zero-order chi connectivity index (χ0) is 15.0. The predicted molar refractivity (Wildman–Crippen MR) is 94.5 cm³/mol. The molecule has 0 aliphatic carbocycles. The van der Waals surface area contributed by atoms with Gasteiger partial charge in [0, 0.05) is 9.35 Å². The fourth-order valence-corrected chi connectivity index (χ4v) is 4.04. The summed E-state index contributed by atoms with van der Waals surface area (Å²) < 4.78 is 3.28. The summed E-state index contributed by atoms with van der Waals surface area (Å²) in [5, 5.41) is 2.05. The lowest BCUT2D eigenvalue weighted by Crippen LogP contribution is -2.06. The number of imidazole rings is 1. The van der Waals surface area contributed by atoms with Gasteiger partial charge in [-0.25, -0.2) is 4.98 Å². The Morgan fingerprint density at radius 3 is 2.90 bits per heavy atom. The smallest absolute Gasteiger partial charge is 0.128 e. The van der Waals surface area contributed by atoms with Crippen LogP contribution in [0.5, 0.6) is 0 Å². The van der Waals surface area contributed by atoms with Gasteiger partial charge in [-0.1, -0.05) is 22.9 Å². The van der Waals surface area contributed by atoms with Crippen molar-refractivity contribution < 1.29 is 0 Å². The third-order valence-electron chi connectivity index (χ3n) is 3.62. The maximum Gasteiger partial charge on any atom is 0.128 e.